The summed E-state index contributed by atoms with van der Waals surface area (Å²) >= 11 is 6.27. The smallest absolute Gasteiger partial charge is 0.251 e. The molecular weight excluding hydrogens is 404 g/mol. The molecule has 0 bridgehead atoms. The minimum atomic E-state index is -1.34. The zero-order valence-corrected chi connectivity index (χ0v) is 17.1. The van der Waals surface area contributed by atoms with Crippen molar-refractivity contribution in [2.75, 3.05) is 19.8 Å². The summed E-state index contributed by atoms with van der Waals surface area (Å²) in [5.74, 6) is -1.46. The summed E-state index contributed by atoms with van der Waals surface area (Å²) in [6.07, 6.45) is 0.471. The van der Waals surface area contributed by atoms with Crippen LogP contribution in [0.15, 0.2) is 30.3 Å². The molecule has 2 N–H and O–H groups in total. The van der Waals surface area contributed by atoms with E-state index < -0.39 is 23.6 Å². The third kappa shape index (κ3) is 6.30. The van der Waals surface area contributed by atoms with Gasteiger partial charge in [0.25, 0.3) is 5.91 Å². The van der Waals surface area contributed by atoms with Gasteiger partial charge in [-0.1, -0.05) is 31.0 Å². The van der Waals surface area contributed by atoms with E-state index in [-0.39, 0.29) is 22.7 Å². The zero-order chi connectivity index (χ0) is 21.4. The van der Waals surface area contributed by atoms with Crippen molar-refractivity contribution in [3.05, 3.63) is 58.1 Å². The van der Waals surface area contributed by atoms with Crippen LogP contribution < -0.4 is 14.8 Å². The van der Waals surface area contributed by atoms with E-state index in [0.29, 0.717) is 30.8 Å². The minimum Gasteiger partial charge on any atom is -0.490 e. The molecule has 1 unspecified atom stereocenters. The van der Waals surface area contributed by atoms with E-state index in [1.54, 1.807) is 6.92 Å². The Balaban J connectivity index is 2.11. The molecular formula is C21H24ClF2NO4. The van der Waals surface area contributed by atoms with Crippen molar-refractivity contribution in [2.45, 2.75) is 32.8 Å². The van der Waals surface area contributed by atoms with Crippen LogP contribution in [0.2, 0.25) is 5.02 Å². The molecule has 0 aliphatic rings. The van der Waals surface area contributed by atoms with E-state index in [9.17, 15) is 18.7 Å². The van der Waals surface area contributed by atoms with Crippen LogP contribution in [0.5, 0.6) is 11.5 Å². The lowest BCUT2D eigenvalue weighted by atomic mass is 10.1. The number of rotatable bonds is 10. The largest absolute Gasteiger partial charge is 0.490 e. The molecule has 158 valence electrons. The van der Waals surface area contributed by atoms with Crippen LogP contribution in [-0.2, 0) is 0 Å². The summed E-state index contributed by atoms with van der Waals surface area (Å²) in [5.41, 5.74) is 0.0903. The van der Waals surface area contributed by atoms with Gasteiger partial charge in [-0.05, 0) is 31.5 Å². The molecule has 0 fully saturated rings. The molecule has 29 heavy (non-hydrogen) atoms. The number of ether oxygens (including phenoxy) is 2. The molecule has 0 heterocycles. The molecule has 2 aromatic carbocycles. The average Bonchev–Trinajstić information content (AvgIpc) is 2.68. The van der Waals surface area contributed by atoms with Crippen LogP contribution in [0.1, 0.15) is 48.7 Å². The monoisotopic (exact) mass is 427 g/mol. The Labute approximate surface area is 173 Å². The highest BCUT2D eigenvalue weighted by Crippen LogP contribution is 2.37. The summed E-state index contributed by atoms with van der Waals surface area (Å²) in [6, 6.07) is 5.77. The highest BCUT2D eigenvalue weighted by Gasteiger charge is 2.19. The van der Waals surface area contributed by atoms with Gasteiger partial charge in [0.15, 0.2) is 11.5 Å². The second-order valence-electron chi connectivity index (χ2n) is 6.31. The molecule has 0 aliphatic heterocycles. The highest BCUT2D eigenvalue weighted by atomic mass is 35.5. The first kappa shape index (κ1) is 22.9. The van der Waals surface area contributed by atoms with Gasteiger partial charge in [-0.15, -0.1) is 0 Å². The fourth-order valence-electron chi connectivity index (χ4n) is 2.59. The van der Waals surface area contributed by atoms with Crippen molar-refractivity contribution in [1.29, 1.82) is 0 Å². The lowest BCUT2D eigenvalue weighted by molar-refractivity contribution is 0.0913. The summed E-state index contributed by atoms with van der Waals surface area (Å²) in [4.78, 5) is 12.5. The van der Waals surface area contributed by atoms with Crippen molar-refractivity contribution in [1.82, 2.24) is 5.32 Å². The van der Waals surface area contributed by atoms with Crippen LogP contribution >= 0.6 is 11.6 Å². The van der Waals surface area contributed by atoms with E-state index in [2.05, 4.69) is 5.32 Å². The predicted octanol–water partition coefficient (Wildman–Crippen LogP) is 4.66. The Hall–Kier alpha value is -2.38. The average molecular weight is 428 g/mol. The molecule has 1 atom stereocenters. The summed E-state index contributed by atoms with van der Waals surface area (Å²) in [7, 11) is 0. The van der Waals surface area contributed by atoms with Gasteiger partial charge in [-0.25, -0.2) is 8.78 Å². The topological polar surface area (TPSA) is 67.8 Å². The fourth-order valence-corrected chi connectivity index (χ4v) is 2.86. The lowest BCUT2D eigenvalue weighted by Crippen LogP contribution is -2.28. The summed E-state index contributed by atoms with van der Waals surface area (Å²) < 4.78 is 38.0. The number of hydrogen-bond acceptors (Lipinski definition) is 4. The standard InChI is InChI=1S/C21H24ClF2NO4/c1-3-5-8-29-20-16(22)9-13(10-19(20)28-4-2)21(27)25-12-18(26)15-7-6-14(23)11-17(15)24/h6-7,9-11,18,26H,3-5,8,12H2,1-2H3,(H,25,27). The van der Waals surface area contributed by atoms with E-state index in [0.717, 1.165) is 25.0 Å². The fraction of sp³-hybridized carbons (Fsp3) is 0.381. The highest BCUT2D eigenvalue weighted by molar-refractivity contribution is 6.32. The van der Waals surface area contributed by atoms with Gasteiger partial charge in [0.05, 0.1) is 24.3 Å². The van der Waals surface area contributed by atoms with Crippen molar-refractivity contribution in [3.8, 4) is 11.5 Å². The zero-order valence-electron chi connectivity index (χ0n) is 16.3. The first-order valence-electron chi connectivity index (χ1n) is 9.37. The lowest BCUT2D eigenvalue weighted by Gasteiger charge is -2.16. The predicted molar refractivity (Wildman–Crippen MR) is 107 cm³/mol. The van der Waals surface area contributed by atoms with E-state index >= 15 is 0 Å². The molecule has 5 nitrogen and oxygen atoms in total. The number of amides is 1. The number of carbonyl (C=O) groups is 1. The molecule has 1 amide bonds. The molecule has 2 aromatic rings. The van der Waals surface area contributed by atoms with Crippen LogP contribution in [0.4, 0.5) is 8.78 Å². The van der Waals surface area contributed by atoms with Crippen molar-refractivity contribution >= 4 is 17.5 Å². The maximum absolute atomic E-state index is 13.8. The SMILES string of the molecule is CCCCOc1c(Cl)cc(C(=O)NCC(O)c2ccc(F)cc2F)cc1OCC. The van der Waals surface area contributed by atoms with Crippen molar-refractivity contribution in [2.24, 2.45) is 0 Å². The Morgan fingerprint density at radius 1 is 1.21 bits per heavy atom. The minimum absolute atomic E-state index is 0.112. The molecule has 0 saturated heterocycles. The van der Waals surface area contributed by atoms with Gasteiger partial charge in [0, 0.05) is 23.7 Å². The Morgan fingerprint density at radius 2 is 1.97 bits per heavy atom. The number of nitrogens with one attached hydrogen (secondary N) is 1. The summed E-state index contributed by atoms with van der Waals surface area (Å²) in [5, 5.41) is 12.8. The first-order chi connectivity index (χ1) is 13.9. The molecule has 0 aliphatic carbocycles. The number of carbonyl (C=O) groups excluding carboxylic acids is 1. The number of halogens is 3. The maximum atomic E-state index is 13.8. The van der Waals surface area contributed by atoms with Crippen molar-refractivity contribution < 1.29 is 28.2 Å². The number of hydrogen-bond donors (Lipinski definition) is 2. The molecule has 0 saturated carbocycles. The van der Waals surface area contributed by atoms with E-state index in [1.807, 2.05) is 6.92 Å². The Kier molecular flexibility index (Phi) is 8.67. The molecule has 0 aromatic heterocycles. The third-order valence-electron chi connectivity index (χ3n) is 4.09. The Bertz CT molecular complexity index is 848. The second-order valence-corrected chi connectivity index (χ2v) is 6.72. The van der Waals surface area contributed by atoms with Crippen LogP contribution in [-0.4, -0.2) is 30.8 Å². The number of unbranched alkanes of at least 4 members (excludes halogenated alkanes) is 1. The quantitative estimate of drug-likeness (QED) is 0.541. The van der Waals surface area contributed by atoms with Gasteiger partial charge < -0.3 is 19.9 Å². The number of aliphatic hydroxyl groups is 1. The molecule has 0 spiro atoms. The number of aliphatic hydroxyl groups excluding tert-OH is 1. The van der Waals surface area contributed by atoms with E-state index in [4.69, 9.17) is 21.1 Å². The second kappa shape index (κ2) is 11.0. The normalized spacial score (nSPS) is 11.8. The van der Waals surface area contributed by atoms with E-state index in [1.165, 1.54) is 12.1 Å². The van der Waals surface area contributed by atoms with Crippen LogP contribution in [0, 0.1) is 11.6 Å². The van der Waals surface area contributed by atoms with Gasteiger partial charge in [-0.2, -0.15) is 0 Å². The van der Waals surface area contributed by atoms with Crippen LogP contribution in [0.3, 0.4) is 0 Å². The molecule has 0 radical (unpaired) electrons. The van der Waals surface area contributed by atoms with Gasteiger partial charge in [-0.3, -0.25) is 4.79 Å². The first-order valence-corrected chi connectivity index (χ1v) is 9.75. The van der Waals surface area contributed by atoms with Crippen LogP contribution in [0.25, 0.3) is 0 Å². The van der Waals surface area contributed by atoms with Gasteiger partial charge in [0.1, 0.15) is 11.6 Å². The van der Waals surface area contributed by atoms with Gasteiger partial charge >= 0.3 is 0 Å². The molecule has 2 rings (SSSR count). The Morgan fingerprint density at radius 3 is 2.62 bits per heavy atom. The third-order valence-corrected chi connectivity index (χ3v) is 4.37. The maximum Gasteiger partial charge on any atom is 0.251 e. The van der Waals surface area contributed by atoms with Crippen molar-refractivity contribution in [3.63, 3.8) is 0 Å². The van der Waals surface area contributed by atoms with Gasteiger partial charge in [0.2, 0.25) is 0 Å². The number of benzene rings is 2. The summed E-state index contributed by atoms with van der Waals surface area (Å²) in [6.45, 7) is 4.39. The molecule has 8 heteroatoms.